The molecular formula is C35H34ClN3O3. The van der Waals surface area contributed by atoms with Gasteiger partial charge in [0, 0.05) is 6.54 Å². The number of fused-ring (bicyclic) bond motifs is 1. The molecule has 1 unspecified atom stereocenters. The van der Waals surface area contributed by atoms with E-state index in [4.69, 9.17) is 21.3 Å². The highest BCUT2D eigenvalue weighted by atomic mass is 35.5. The van der Waals surface area contributed by atoms with Gasteiger partial charge in [-0.2, -0.15) is 0 Å². The molecule has 214 valence electrons. The van der Waals surface area contributed by atoms with Crippen molar-refractivity contribution in [3.63, 3.8) is 0 Å². The number of halogens is 1. The smallest absolute Gasteiger partial charge is 0.266 e. The van der Waals surface area contributed by atoms with Gasteiger partial charge in [0.25, 0.3) is 11.5 Å². The lowest BCUT2D eigenvalue weighted by atomic mass is 10.1. The molecule has 0 aliphatic carbocycles. The van der Waals surface area contributed by atoms with E-state index in [2.05, 4.69) is 0 Å². The van der Waals surface area contributed by atoms with Crippen molar-refractivity contribution < 1.29 is 9.53 Å². The number of carbonyl (C=O) groups excluding carboxylic acids is 1. The topological polar surface area (TPSA) is 64.4 Å². The molecule has 6 nitrogen and oxygen atoms in total. The molecule has 0 aliphatic heterocycles. The Bertz CT molecular complexity index is 1730. The minimum absolute atomic E-state index is 0.0231. The van der Waals surface area contributed by atoms with Crippen molar-refractivity contribution in [2.45, 2.75) is 45.8 Å². The summed E-state index contributed by atoms with van der Waals surface area (Å²) in [4.78, 5) is 35.1. The number of nitrogens with zero attached hydrogens (tertiary/aromatic N) is 3. The normalized spacial score (nSPS) is 11.9. The number of rotatable bonds is 10. The fourth-order valence-electron chi connectivity index (χ4n) is 5.19. The summed E-state index contributed by atoms with van der Waals surface area (Å²) in [6.07, 6.45) is 1.19. The molecule has 0 spiro atoms. The molecule has 0 aliphatic rings. The number of carbonyl (C=O) groups is 1. The maximum Gasteiger partial charge on any atom is 0.266 e. The van der Waals surface area contributed by atoms with E-state index < -0.39 is 6.04 Å². The molecular weight excluding hydrogens is 546 g/mol. The number of para-hydroxylation sites is 1. The van der Waals surface area contributed by atoms with E-state index in [1.54, 1.807) is 39.8 Å². The van der Waals surface area contributed by atoms with Crippen LogP contribution in [0.2, 0.25) is 5.02 Å². The first-order valence-electron chi connectivity index (χ1n) is 14.3. The summed E-state index contributed by atoms with van der Waals surface area (Å²) in [5.74, 6) is 0.993. The first-order chi connectivity index (χ1) is 20.4. The van der Waals surface area contributed by atoms with Gasteiger partial charge in [0.1, 0.15) is 11.6 Å². The Hall–Kier alpha value is -4.42. The average Bonchev–Trinajstić information content (AvgIpc) is 3.00. The van der Waals surface area contributed by atoms with Gasteiger partial charge in [0.15, 0.2) is 0 Å². The maximum atomic E-state index is 14.2. The van der Waals surface area contributed by atoms with Crippen LogP contribution in [0.25, 0.3) is 16.6 Å². The van der Waals surface area contributed by atoms with E-state index >= 15 is 0 Å². The SMILES string of the molecule is CCC(c1nc2ccccc2c(=O)n1-c1ccc(OC(C)C)cc1)N(CCc1ccccc1)C(=O)c1ccccc1Cl. The number of benzene rings is 4. The fraction of sp³-hybridized carbons (Fsp3) is 0.229. The molecule has 0 radical (unpaired) electrons. The Balaban J connectivity index is 1.67. The first-order valence-corrected chi connectivity index (χ1v) is 14.6. The highest BCUT2D eigenvalue weighted by Gasteiger charge is 2.30. The number of aromatic nitrogens is 2. The van der Waals surface area contributed by atoms with E-state index in [0.717, 1.165) is 5.56 Å². The van der Waals surface area contributed by atoms with Gasteiger partial charge in [-0.25, -0.2) is 4.98 Å². The third kappa shape index (κ3) is 6.24. The van der Waals surface area contributed by atoms with E-state index in [-0.39, 0.29) is 17.6 Å². The van der Waals surface area contributed by atoms with Crippen LogP contribution in [0, 0.1) is 0 Å². The molecule has 42 heavy (non-hydrogen) atoms. The average molecular weight is 580 g/mol. The van der Waals surface area contributed by atoms with Crippen LogP contribution < -0.4 is 10.3 Å². The van der Waals surface area contributed by atoms with Crippen molar-refractivity contribution in [3.05, 3.63) is 135 Å². The van der Waals surface area contributed by atoms with Gasteiger partial charge in [-0.15, -0.1) is 0 Å². The van der Waals surface area contributed by atoms with E-state index in [1.807, 2.05) is 93.6 Å². The molecule has 5 aromatic rings. The quantitative estimate of drug-likeness (QED) is 0.170. The predicted molar refractivity (Wildman–Crippen MR) is 169 cm³/mol. The van der Waals surface area contributed by atoms with Gasteiger partial charge in [0.2, 0.25) is 0 Å². The Morgan fingerprint density at radius 2 is 1.57 bits per heavy atom. The highest BCUT2D eigenvalue weighted by Crippen LogP contribution is 2.30. The van der Waals surface area contributed by atoms with Crippen LogP contribution in [0.5, 0.6) is 5.75 Å². The van der Waals surface area contributed by atoms with Crippen LogP contribution in [0.1, 0.15) is 55.0 Å². The third-order valence-corrected chi connectivity index (χ3v) is 7.51. The summed E-state index contributed by atoms with van der Waals surface area (Å²) >= 11 is 6.53. The number of hydrogen-bond donors (Lipinski definition) is 0. The summed E-state index contributed by atoms with van der Waals surface area (Å²) in [5.41, 5.74) is 2.56. The number of hydrogen-bond acceptors (Lipinski definition) is 4. The zero-order valence-electron chi connectivity index (χ0n) is 24.0. The third-order valence-electron chi connectivity index (χ3n) is 7.18. The van der Waals surface area contributed by atoms with Crippen molar-refractivity contribution in [2.24, 2.45) is 0 Å². The van der Waals surface area contributed by atoms with Crippen molar-refractivity contribution >= 4 is 28.4 Å². The number of amides is 1. The van der Waals surface area contributed by atoms with Crippen molar-refractivity contribution in [1.29, 1.82) is 0 Å². The molecule has 1 heterocycles. The molecule has 1 aromatic heterocycles. The van der Waals surface area contributed by atoms with Crippen LogP contribution in [0.3, 0.4) is 0 Å². The van der Waals surface area contributed by atoms with Crippen molar-refractivity contribution in [2.75, 3.05) is 6.54 Å². The Morgan fingerprint density at radius 1 is 0.905 bits per heavy atom. The Labute approximate surface area is 251 Å². The van der Waals surface area contributed by atoms with Crippen LogP contribution in [-0.4, -0.2) is 33.0 Å². The predicted octanol–water partition coefficient (Wildman–Crippen LogP) is 7.66. The summed E-state index contributed by atoms with van der Waals surface area (Å²) < 4.78 is 7.47. The van der Waals surface area contributed by atoms with Crippen LogP contribution in [-0.2, 0) is 6.42 Å². The first kappa shape index (κ1) is 29.1. The molecule has 7 heteroatoms. The second kappa shape index (κ2) is 13.0. The van der Waals surface area contributed by atoms with Gasteiger partial charge in [-0.3, -0.25) is 14.2 Å². The molecule has 0 saturated heterocycles. The zero-order valence-corrected chi connectivity index (χ0v) is 24.8. The molecule has 5 rings (SSSR count). The zero-order chi connectivity index (χ0) is 29.6. The van der Waals surface area contributed by atoms with Crippen LogP contribution in [0.4, 0.5) is 0 Å². The maximum absolute atomic E-state index is 14.2. The lowest BCUT2D eigenvalue weighted by Crippen LogP contribution is -2.40. The Morgan fingerprint density at radius 3 is 2.26 bits per heavy atom. The molecule has 0 bridgehead atoms. The minimum Gasteiger partial charge on any atom is -0.491 e. The molecule has 0 N–H and O–H groups in total. The van der Waals surface area contributed by atoms with E-state index in [9.17, 15) is 9.59 Å². The lowest BCUT2D eigenvalue weighted by Gasteiger charge is -2.33. The fourth-order valence-corrected chi connectivity index (χ4v) is 5.41. The molecule has 0 saturated carbocycles. The highest BCUT2D eigenvalue weighted by molar-refractivity contribution is 6.33. The van der Waals surface area contributed by atoms with E-state index in [0.29, 0.717) is 58.1 Å². The summed E-state index contributed by atoms with van der Waals surface area (Å²) in [6, 6.07) is 31.3. The molecule has 1 amide bonds. The van der Waals surface area contributed by atoms with Crippen LogP contribution >= 0.6 is 11.6 Å². The second-order valence-corrected chi connectivity index (χ2v) is 10.8. The lowest BCUT2D eigenvalue weighted by molar-refractivity contribution is 0.0662. The minimum atomic E-state index is -0.513. The molecule has 1 atom stereocenters. The van der Waals surface area contributed by atoms with Gasteiger partial charge in [0.05, 0.1) is 39.3 Å². The molecule has 4 aromatic carbocycles. The van der Waals surface area contributed by atoms with Crippen molar-refractivity contribution in [3.8, 4) is 11.4 Å². The van der Waals surface area contributed by atoms with Gasteiger partial charge in [-0.05, 0) is 80.8 Å². The van der Waals surface area contributed by atoms with Crippen LogP contribution in [0.15, 0.2) is 108 Å². The summed E-state index contributed by atoms with van der Waals surface area (Å²) in [6.45, 7) is 6.35. The standard InChI is InChI=1S/C35H34ClN3O3/c1-4-32(38(23-22-25-12-6-5-7-13-25)34(40)28-14-8-10-16-30(28)36)33-37-31-17-11-9-15-29(31)35(41)39(33)26-18-20-27(21-19-26)42-24(2)3/h5-21,24,32H,4,22-23H2,1-3H3. The van der Waals surface area contributed by atoms with Gasteiger partial charge in [-0.1, -0.05) is 73.1 Å². The monoisotopic (exact) mass is 579 g/mol. The summed E-state index contributed by atoms with van der Waals surface area (Å²) in [7, 11) is 0. The van der Waals surface area contributed by atoms with E-state index in [1.165, 1.54) is 0 Å². The van der Waals surface area contributed by atoms with Gasteiger partial charge >= 0.3 is 0 Å². The molecule has 0 fully saturated rings. The largest absolute Gasteiger partial charge is 0.491 e. The second-order valence-electron chi connectivity index (χ2n) is 10.4. The van der Waals surface area contributed by atoms with Gasteiger partial charge < -0.3 is 9.64 Å². The number of ether oxygens (including phenoxy) is 1. The summed E-state index contributed by atoms with van der Waals surface area (Å²) in [5, 5.41) is 0.888. The Kier molecular flexibility index (Phi) is 9.03. The van der Waals surface area contributed by atoms with Crippen molar-refractivity contribution in [1.82, 2.24) is 14.5 Å².